The van der Waals surface area contributed by atoms with Crippen molar-refractivity contribution in [3.05, 3.63) is 0 Å². The van der Waals surface area contributed by atoms with Crippen molar-refractivity contribution >= 4 is 16.1 Å². The van der Waals surface area contributed by atoms with Gasteiger partial charge in [-0.3, -0.25) is 4.55 Å². The number of epoxide rings is 1. The largest absolute Gasteiger partial charge is 0.465 e. The summed E-state index contributed by atoms with van der Waals surface area (Å²) in [5.74, 6) is -1.90. The van der Waals surface area contributed by atoms with Crippen molar-refractivity contribution in [3.63, 3.8) is 0 Å². The van der Waals surface area contributed by atoms with Gasteiger partial charge in [0.25, 0.3) is 0 Å². The average molecular weight is 396 g/mol. The van der Waals surface area contributed by atoms with Gasteiger partial charge in [0.05, 0.1) is 18.8 Å². The summed E-state index contributed by atoms with van der Waals surface area (Å²) in [4.78, 5) is 11.8. The highest BCUT2D eigenvalue weighted by molar-refractivity contribution is 7.87. The first-order valence-corrected chi connectivity index (χ1v) is 10.3. The van der Waals surface area contributed by atoms with Crippen LogP contribution in [-0.4, -0.2) is 55.2 Å². The van der Waals surface area contributed by atoms with Crippen molar-refractivity contribution in [1.82, 2.24) is 0 Å². The summed E-state index contributed by atoms with van der Waals surface area (Å²) >= 11 is 0. The first-order valence-electron chi connectivity index (χ1n) is 8.84. The van der Waals surface area contributed by atoms with Crippen molar-refractivity contribution in [1.29, 1.82) is 0 Å². The van der Waals surface area contributed by atoms with Gasteiger partial charge in [0.2, 0.25) is 0 Å². The molecule has 1 saturated heterocycles. The van der Waals surface area contributed by atoms with Gasteiger partial charge in [-0.1, -0.05) is 0 Å². The molecule has 4 saturated carbocycles. The number of esters is 1. The van der Waals surface area contributed by atoms with Crippen LogP contribution in [0.3, 0.4) is 0 Å². The molecule has 0 amide bonds. The van der Waals surface area contributed by atoms with Gasteiger partial charge in [-0.15, -0.1) is 0 Å². The molecule has 1 heterocycles. The van der Waals surface area contributed by atoms with Gasteiger partial charge < -0.3 is 14.2 Å². The van der Waals surface area contributed by atoms with E-state index in [2.05, 4.69) is 0 Å². The lowest BCUT2D eigenvalue weighted by molar-refractivity contribution is -0.247. The maximum atomic E-state index is 13.6. The lowest BCUT2D eigenvalue weighted by atomic mass is 9.49. The molecular weight excluding hydrogens is 374 g/mol. The molecule has 0 aromatic carbocycles. The SMILES string of the molecule is CC1(OCC2CO2)C2CC3CC(C2)C(OC(=O)C(F)(F)S(=O)(=O)O)C1C3. The normalized spacial score (nSPS) is 44.2. The molecule has 5 fully saturated rings. The Labute approximate surface area is 150 Å². The van der Waals surface area contributed by atoms with E-state index in [0.717, 1.165) is 12.8 Å². The fourth-order valence-corrected chi connectivity index (χ4v) is 5.49. The molecular formula is C16H22F2O7S. The quantitative estimate of drug-likeness (QED) is 0.413. The summed E-state index contributed by atoms with van der Waals surface area (Å²) in [6.07, 6.45) is 2.34. The van der Waals surface area contributed by atoms with E-state index in [9.17, 15) is 22.0 Å². The molecule has 26 heavy (non-hydrogen) atoms. The maximum absolute atomic E-state index is 13.6. The molecule has 148 valence electrons. The summed E-state index contributed by atoms with van der Waals surface area (Å²) in [7, 11) is -5.88. The highest BCUT2D eigenvalue weighted by Gasteiger charge is 2.63. The van der Waals surface area contributed by atoms with E-state index in [1.165, 1.54) is 0 Å². The second-order valence-corrected chi connectivity index (χ2v) is 9.65. The molecule has 7 atom stereocenters. The summed E-state index contributed by atoms with van der Waals surface area (Å²) in [5, 5.41) is -4.97. The molecule has 0 aromatic rings. The van der Waals surface area contributed by atoms with Crippen LogP contribution in [0.25, 0.3) is 0 Å². The van der Waals surface area contributed by atoms with E-state index in [1.54, 1.807) is 0 Å². The third kappa shape index (κ3) is 2.85. The molecule has 1 aliphatic heterocycles. The Bertz CT molecular complexity index is 707. The number of ether oxygens (including phenoxy) is 3. The Hall–Kier alpha value is -0.840. The van der Waals surface area contributed by atoms with Gasteiger partial charge in [-0.2, -0.15) is 17.2 Å². The fourth-order valence-electron chi connectivity index (χ4n) is 5.24. The molecule has 4 bridgehead atoms. The average Bonchev–Trinajstić information content (AvgIpc) is 3.36. The summed E-state index contributed by atoms with van der Waals surface area (Å²) in [5.41, 5.74) is -0.627. The smallest absolute Gasteiger partial charge is 0.456 e. The first-order chi connectivity index (χ1) is 12.0. The van der Waals surface area contributed by atoms with Gasteiger partial charge in [0.15, 0.2) is 0 Å². The summed E-state index contributed by atoms with van der Waals surface area (Å²) in [6, 6.07) is 0. The van der Waals surface area contributed by atoms with Crippen molar-refractivity contribution in [2.45, 2.75) is 55.7 Å². The number of rotatable bonds is 6. The zero-order valence-corrected chi connectivity index (χ0v) is 15.1. The van der Waals surface area contributed by atoms with Crippen molar-refractivity contribution in [3.8, 4) is 0 Å². The Kier molecular flexibility index (Phi) is 4.15. The second kappa shape index (κ2) is 5.83. The molecule has 10 heteroatoms. The number of halogens is 2. The first kappa shape index (κ1) is 18.5. The molecule has 1 N–H and O–H groups in total. The van der Waals surface area contributed by atoms with Crippen LogP contribution in [0.15, 0.2) is 0 Å². The number of carbonyl (C=O) groups excluding carboxylic acids is 1. The topological polar surface area (TPSA) is 102 Å². The minimum Gasteiger partial charge on any atom is -0.456 e. The monoisotopic (exact) mass is 396 g/mol. The fraction of sp³-hybridized carbons (Fsp3) is 0.938. The summed E-state index contributed by atoms with van der Waals surface area (Å²) in [6.45, 7) is 2.96. The van der Waals surface area contributed by atoms with Gasteiger partial charge in [0.1, 0.15) is 12.2 Å². The van der Waals surface area contributed by atoms with Gasteiger partial charge in [-0.25, -0.2) is 4.79 Å². The number of alkyl halides is 2. The minimum atomic E-state index is -5.88. The van der Waals surface area contributed by atoms with Crippen LogP contribution in [0.5, 0.6) is 0 Å². The highest BCUT2D eigenvalue weighted by Crippen LogP contribution is 2.60. The zero-order valence-electron chi connectivity index (χ0n) is 14.3. The van der Waals surface area contributed by atoms with E-state index < -0.39 is 33.0 Å². The maximum Gasteiger partial charge on any atom is 0.465 e. The number of hydrogen-bond donors (Lipinski definition) is 1. The van der Waals surface area contributed by atoms with Crippen molar-refractivity contribution < 1.29 is 40.8 Å². The van der Waals surface area contributed by atoms with Crippen LogP contribution in [0.4, 0.5) is 8.78 Å². The van der Waals surface area contributed by atoms with E-state index >= 15 is 0 Å². The van der Waals surface area contributed by atoms with Crippen LogP contribution in [0, 0.1) is 23.7 Å². The van der Waals surface area contributed by atoms with Crippen LogP contribution < -0.4 is 0 Å². The van der Waals surface area contributed by atoms with Crippen LogP contribution in [0.2, 0.25) is 0 Å². The molecule has 5 aliphatic rings. The van der Waals surface area contributed by atoms with E-state index in [-0.39, 0.29) is 23.9 Å². The third-order valence-corrected chi connectivity index (χ3v) is 7.44. The second-order valence-electron chi connectivity index (χ2n) is 8.18. The van der Waals surface area contributed by atoms with Crippen LogP contribution in [0.1, 0.15) is 32.6 Å². The Morgan fingerprint density at radius 3 is 2.62 bits per heavy atom. The third-order valence-electron chi connectivity index (χ3n) is 6.62. The minimum absolute atomic E-state index is 0.0499. The zero-order chi connectivity index (χ0) is 18.9. The standard InChI is InChI=1S/C16H22F2O7S/c1-15(24-7-11-6-23-11)10-3-8-2-9(5-10)13(12(15)4-8)25-14(19)16(17,18)26(20,21)22/h8-13H,2-7H2,1H3,(H,20,21,22). The number of carbonyl (C=O) groups is 1. The van der Waals surface area contributed by atoms with Crippen molar-refractivity contribution in [2.24, 2.45) is 23.7 Å². The molecule has 7 unspecified atom stereocenters. The van der Waals surface area contributed by atoms with E-state index in [0.29, 0.717) is 32.0 Å². The molecule has 7 nitrogen and oxygen atoms in total. The Balaban J connectivity index is 1.55. The molecule has 0 spiro atoms. The predicted octanol–water partition coefficient (Wildman–Crippen LogP) is 1.62. The lowest BCUT2D eigenvalue weighted by Crippen LogP contribution is -2.64. The van der Waals surface area contributed by atoms with Crippen molar-refractivity contribution in [2.75, 3.05) is 13.2 Å². The highest BCUT2D eigenvalue weighted by atomic mass is 32.2. The van der Waals surface area contributed by atoms with E-state index in [4.69, 9.17) is 18.8 Å². The van der Waals surface area contributed by atoms with Gasteiger partial charge in [-0.05, 0) is 50.4 Å². The van der Waals surface area contributed by atoms with Crippen LogP contribution in [-0.2, 0) is 29.1 Å². The Morgan fingerprint density at radius 2 is 2.00 bits per heavy atom. The van der Waals surface area contributed by atoms with Crippen LogP contribution >= 0.6 is 0 Å². The molecule has 5 rings (SSSR count). The summed E-state index contributed by atoms with van der Waals surface area (Å²) < 4.78 is 73.8. The predicted molar refractivity (Wildman–Crippen MR) is 82.9 cm³/mol. The Morgan fingerprint density at radius 1 is 1.31 bits per heavy atom. The molecule has 4 aliphatic carbocycles. The van der Waals surface area contributed by atoms with E-state index in [1.807, 2.05) is 6.92 Å². The van der Waals surface area contributed by atoms with Gasteiger partial charge in [0, 0.05) is 5.92 Å². The lowest BCUT2D eigenvalue weighted by Gasteiger charge is -2.62. The number of hydrogen-bond acceptors (Lipinski definition) is 6. The molecule has 0 aromatic heterocycles. The molecule has 0 radical (unpaired) electrons. The van der Waals surface area contributed by atoms with Gasteiger partial charge >= 0.3 is 21.3 Å².